The molecule has 5 aromatic rings. The van der Waals surface area contributed by atoms with E-state index in [2.05, 4.69) is 139 Å². The first-order valence-electron chi connectivity index (χ1n) is 11.4. The summed E-state index contributed by atoms with van der Waals surface area (Å²) in [5.74, 6) is 0. The predicted octanol–water partition coefficient (Wildman–Crippen LogP) is 9.44. The molecule has 0 aliphatic carbocycles. The number of hydrogen-bond donors (Lipinski definition) is 0. The van der Waals surface area contributed by atoms with Crippen LogP contribution in [0.1, 0.15) is 19.4 Å². The summed E-state index contributed by atoms with van der Waals surface area (Å²) in [5.41, 5.74) is 5.95. The van der Waals surface area contributed by atoms with Gasteiger partial charge in [0.15, 0.2) is 0 Å². The van der Waals surface area contributed by atoms with Gasteiger partial charge in [-0.2, -0.15) is 0 Å². The molecule has 0 spiro atoms. The van der Waals surface area contributed by atoms with Gasteiger partial charge >= 0.3 is 0 Å². The van der Waals surface area contributed by atoms with Gasteiger partial charge in [-0.15, -0.1) is 0 Å². The normalized spacial score (nSPS) is 12.0. The Bertz CT molecular complexity index is 1470. The third-order valence-corrected chi connectivity index (χ3v) is 6.12. The molecular formula is C32H27N. The smallest absolute Gasteiger partial charge is 0.0540 e. The van der Waals surface area contributed by atoms with Crippen molar-refractivity contribution in [2.75, 3.05) is 4.90 Å². The monoisotopic (exact) mass is 425 g/mol. The molecule has 5 rings (SSSR count). The Labute approximate surface area is 195 Å². The minimum absolute atomic E-state index is 1.14. The largest absolute Gasteiger partial charge is 0.310 e. The Balaban J connectivity index is 1.69. The topological polar surface area (TPSA) is 3.24 Å². The maximum atomic E-state index is 2.36. The molecule has 160 valence electrons. The molecule has 0 aliphatic rings. The van der Waals surface area contributed by atoms with E-state index in [1.54, 1.807) is 0 Å². The van der Waals surface area contributed by atoms with Crippen LogP contribution < -0.4 is 4.90 Å². The Hall–Kier alpha value is -4.10. The zero-order valence-corrected chi connectivity index (χ0v) is 19.1. The molecule has 5 aromatic carbocycles. The molecule has 0 heterocycles. The Morgan fingerprint density at radius 2 is 1.30 bits per heavy atom. The second kappa shape index (κ2) is 9.18. The van der Waals surface area contributed by atoms with Crippen LogP contribution in [0.25, 0.3) is 27.1 Å². The summed E-state index contributed by atoms with van der Waals surface area (Å²) in [6.07, 6.45) is 6.29. The van der Waals surface area contributed by atoms with Crippen LogP contribution in [0.3, 0.4) is 0 Å². The molecule has 33 heavy (non-hydrogen) atoms. The molecule has 0 amide bonds. The number of hydrogen-bond acceptors (Lipinski definition) is 1. The zero-order valence-electron chi connectivity index (χ0n) is 19.1. The van der Waals surface area contributed by atoms with Crippen molar-refractivity contribution in [3.63, 3.8) is 0 Å². The van der Waals surface area contributed by atoms with Gasteiger partial charge in [-0.3, -0.25) is 0 Å². The van der Waals surface area contributed by atoms with Crippen molar-refractivity contribution >= 4 is 44.2 Å². The van der Waals surface area contributed by atoms with Crippen molar-refractivity contribution in [2.45, 2.75) is 13.8 Å². The summed E-state index contributed by atoms with van der Waals surface area (Å²) < 4.78 is 0. The number of fused-ring (bicyclic) bond motifs is 2. The van der Waals surface area contributed by atoms with E-state index in [0.717, 1.165) is 11.4 Å². The molecule has 0 saturated heterocycles. The second-order valence-corrected chi connectivity index (χ2v) is 8.29. The first kappa shape index (κ1) is 20.8. The molecule has 1 heteroatoms. The standard InChI is InChI=1S/C32H27N/c1-3-4-10-24(2)25-17-20-29(21-18-25)33(30-22-19-26-11-5-6-13-28(26)23-30)32-16-9-14-27-12-7-8-15-31(27)32/h3-23H,1-2H3/b4-3+,24-10-. The summed E-state index contributed by atoms with van der Waals surface area (Å²) in [6, 6.07) is 39.2. The quantitative estimate of drug-likeness (QED) is 0.253. The van der Waals surface area contributed by atoms with Crippen LogP contribution in [0.15, 0.2) is 127 Å². The van der Waals surface area contributed by atoms with E-state index in [1.807, 2.05) is 6.92 Å². The second-order valence-electron chi connectivity index (χ2n) is 8.29. The first-order chi connectivity index (χ1) is 16.2. The molecule has 0 aromatic heterocycles. The highest BCUT2D eigenvalue weighted by atomic mass is 15.1. The Kier molecular flexibility index (Phi) is 5.78. The molecule has 0 unspecified atom stereocenters. The van der Waals surface area contributed by atoms with Crippen molar-refractivity contribution in [3.8, 4) is 0 Å². The van der Waals surface area contributed by atoms with Crippen molar-refractivity contribution in [1.29, 1.82) is 0 Å². The Morgan fingerprint density at radius 1 is 0.636 bits per heavy atom. The number of allylic oxidation sites excluding steroid dienone is 4. The van der Waals surface area contributed by atoms with Crippen molar-refractivity contribution < 1.29 is 0 Å². The Morgan fingerprint density at radius 3 is 2.09 bits per heavy atom. The lowest BCUT2D eigenvalue weighted by Crippen LogP contribution is -2.10. The lowest BCUT2D eigenvalue weighted by molar-refractivity contribution is 1.30. The van der Waals surface area contributed by atoms with Gasteiger partial charge in [0.2, 0.25) is 0 Å². The van der Waals surface area contributed by atoms with Gasteiger partial charge in [-0.25, -0.2) is 0 Å². The van der Waals surface area contributed by atoms with Crippen LogP contribution in [0.4, 0.5) is 17.1 Å². The minimum Gasteiger partial charge on any atom is -0.310 e. The summed E-state index contributed by atoms with van der Waals surface area (Å²) >= 11 is 0. The van der Waals surface area contributed by atoms with Crippen molar-refractivity contribution in [2.24, 2.45) is 0 Å². The lowest BCUT2D eigenvalue weighted by Gasteiger charge is -2.27. The highest BCUT2D eigenvalue weighted by Gasteiger charge is 2.15. The molecule has 0 radical (unpaired) electrons. The van der Waals surface area contributed by atoms with E-state index >= 15 is 0 Å². The van der Waals surface area contributed by atoms with Gasteiger partial charge in [0.1, 0.15) is 0 Å². The number of benzene rings is 5. The summed E-state index contributed by atoms with van der Waals surface area (Å²) in [5, 5.41) is 4.96. The van der Waals surface area contributed by atoms with Gasteiger partial charge < -0.3 is 4.90 Å². The van der Waals surface area contributed by atoms with Crippen LogP contribution in [-0.4, -0.2) is 0 Å². The SMILES string of the molecule is C/C=C/C=C(/C)c1ccc(N(c2ccc3ccccc3c2)c2cccc3ccccc23)cc1. The molecule has 0 fully saturated rings. The third kappa shape index (κ3) is 4.18. The van der Waals surface area contributed by atoms with E-state index in [-0.39, 0.29) is 0 Å². The maximum absolute atomic E-state index is 2.36. The minimum atomic E-state index is 1.14. The van der Waals surface area contributed by atoms with Crippen LogP contribution in [0, 0.1) is 0 Å². The summed E-state index contributed by atoms with van der Waals surface area (Å²) in [4.78, 5) is 2.36. The molecule has 0 saturated carbocycles. The van der Waals surface area contributed by atoms with Gasteiger partial charge in [-0.1, -0.05) is 97.1 Å². The van der Waals surface area contributed by atoms with Gasteiger partial charge in [0.25, 0.3) is 0 Å². The fourth-order valence-electron chi connectivity index (χ4n) is 4.36. The average Bonchev–Trinajstić information content (AvgIpc) is 2.88. The molecule has 0 N–H and O–H groups in total. The van der Waals surface area contributed by atoms with E-state index in [0.29, 0.717) is 0 Å². The van der Waals surface area contributed by atoms with E-state index in [4.69, 9.17) is 0 Å². The van der Waals surface area contributed by atoms with Gasteiger partial charge in [0.05, 0.1) is 5.69 Å². The van der Waals surface area contributed by atoms with E-state index < -0.39 is 0 Å². The van der Waals surface area contributed by atoms with E-state index in [9.17, 15) is 0 Å². The van der Waals surface area contributed by atoms with Crippen LogP contribution in [0.5, 0.6) is 0 Å². The highest BCUT2D eigenvalue weighted by molar-refractivity contribution is 6.00. The zero-order chi connectivity index (χ0) is 22.6. The number of nitrogens with zero attached hydrogens (tertiary/aromatic N) is 1. The van der Waals surface area contributed by atoms with Crippen molar-refractivity contribution in [1.82, 2.24) is 0 Å². The van der Waals surface area contributed by atoms with Gasteiger partial charge in [-0.05, 0) is 71.5 Å². The maximum Gasteiger partial charge on any atom is 0.0540 e. The fourth-order valence-corrected chi connectivity index (χ4v) is 4.36. The predicted molar refractivity (Wildman–Crippen MR) is 145 cm³/mol. The molecule has 0 bridgehead atoms. The fraction of sp³-hybridized carbons (Fsp3) is 0.0625. The molecule has 0 atom stereocenters. The number of rotatable bonds is 5. The van der Waals surface area contributed by atoms with Crippen LogP contribution in [0.2, 0.25) is 0 Å². The van der Waals surface area contributed by atoms with Crippen LogP contribution >= 0.6 is 0 Å². The summed E-state index contributed by atoms with van der Waals surface area (Å²) in [7, 11) is 0. The molecule has 1 nitrogen and oxygen atoms in total. The number of anilines is 3. The lowest BCUT2D eigenvalue weighted by atomic mass is 10.0. The van der Waals surface area contributed by atoms with Gasteiger partial charge in [0, 0.05) is 16.8 Å². The first-order valence-corrected chi connectivity index (χ1v) is 11.4. The molecule has 0 aliphatic heterocycles. The van der Waals surface area contributed by atoms with Crippen molar-refractivity contribution in [3.05, 3.63) is 133 Å². The highest BCUT2D eigenvalue weighted by Crippen LogP contribution is 2.40. The third-order valence-electron chi connectivity index (χ3n) is 6.12. The van der Waals surface area contributed by atoms with E-state index in [1.165, 1.54) is 38.4 Å². The average molecular weight is 426 g/mol. The molecular weight excluding hydrogens is 398 g/mol. The summed E-state index contributed by atoms with van der Waals surface area (Å²) in [6.45, 7) is 4.19. The van der Waals surface area contributed by atoms with Crippen LogP contribution in [-0.2, 0) is 0 Å².